The summed E-state index contributed by atoms with van der Waals surface area (Å²) < 4.78 is 1.87. The average molecular weight is 484 g/mol. The standard InChI is InChI=1S/C24H37N9O2/c1-15-13-33-21(28-23(15)31-10-7-16(25)14-31)11-18(29-33)19-5-3-4-9-32(19)24(34)22-17(12-26-30(22)2)20-6-8-27-35-20/h11,13,16-17,19-20,22,26-27H,3-10,12,14,25H2,1-2H3/t16-,17?,19-,20?,22?/m0/s1. The van der Waals surface area contributed by atoms with Crippen LogP contribution < -0.4 is 21.5 Å². The van der Waals surface area contributed by atoms with Crippen LogP contribution in [0.1, 0.15) is 49.4 Å². The van der Waals surface area contributed by atoms with Gasteiger partial charge in [0.05, 0.1) is 17.8 Å². The SMILES string of the molecule is Cc1cn2nc([C@@H]3CCCCN3C(=O)C3C(C4CCNO4)CNN3C)cc2nc1N1CC[C@H](N)C1. The van der Waals surface area contributed by atoms with E-state index in [1.54, 1.807) is 0 Å². The second kappa shape index (κ2) is 9.29. The number of hydrazine groups is 1. The molecule has 2 aromatic rings. The van der Waals surface area contributed by atoms with Crippen molar-refractivity contribution < 1.29 is 9.63 Å². The fraction of sp³-hybridized carbons (Fsp3) is 0.708. The maximum Gasteiger partial charge on any atom is 0.242 e. The van der Waals surface area contributed by atoms with Crippen molar-refractivity contribution >= 4 is 17.4 Å². The Morgan fingerprint density at radius 1 is 1.23 bits per heavy atom. The largest absolute Gasteiger partial charge is 0.355 e. The van der Waals surface area contributed by atoms with Crippen molar-refractivity contribution in [1.82, 2.24) is 35.4 Å². The molecule has 0 aliphatic carbocycles. The van der Waals surface area contributed by atoms with Crippen LogP contribution in [0, 0.1) is 12.8 Å². The Bertz CT molecular complexity index is 1080. The number of hydrogen-bond donors (Lipinski definition) is 3. The van der Waals surface area contributed by atoms with Crippen LogP contribution in [-0.2, 0) is 9.63 Å². The fourth-order valence-corrected chi connectivity index (χ4v) is 6.31. The number of carbonyl (C=O) groups excluding carboxylic acids is 1. The van der Waals surface area contributed by atoms with Gasteiger partial charge in [0.15, 0.2) is 5.65 Å². The highest BCUT2D eigenvalue weighted by atomic mass is 16.7. The Labute approximate surface area is 205 Å². The van der Waals surface area contributed by atoms with Gasteiger partial charge in [0.25, 0.3) is 0 Å². The molecule has 11 nitrogen and oxygen atoms in total. The van der Waals surface area contributed by atoms with Crippen molar-refractivity contribution in [2.45, 2.75) is 63.3 Å². The smallest absolute Gasteiger partial charge is 0.242 e. The first-order chi connectivity index (χ1) is 17.0. The van der Waals surface area contributed by atoms with Crippen LogP contribution in [-0.4, -0.2) is 88.4 Å². The van der Waals surface area contributed by atoms with Crippen LogP contribution in [0.15, 0.2) is 12.3 Å². The quantitative estimate of drug-likeness (QED) is 0.567. The van der Waals surface area contributed by atoms with E-state index < -0.39 is 0 Å². The lowest BCUT2D eigenvalue weighted by Crippen LogP contribution is -2.52. The van der Waals surface area contributed by atoms with Crippen molar-refractivity contribution in [3.05, 3.63) is 23.5 Å². The molecule has 0 aromatic carbocycles. The number of nitrogens with zero attached hydrogens (tertiary/aromatic N) is 6. The number of fused-ring (bicyclic) bond motifs is 1. The average Bonchev–Trinajstić information content (AvgIpc) is 3.65. The number of likely N-dealkylation sites (tertiary alicyclic amines) is 1. The highest BCUT2D eigenvalue weighted by molar-refractivity contribution is 5.83. The number of amides is 1. The molecule has 4 aliphatic rings. The molecule has 190 valence electrons. The fourth-order valence-electron chi connectivity index (χ4n) is 6.31. The van der Waals surface area contributed by atoms with Crippen LogP contribution in [0.5, 0.6) is 0 Å². The molecule has 0 spiro atoms. The zero-order valence-electron chi connectivity index (χ0n) is 20.7. The summed E-state index contributed by atoms with van der Waals surface area (Å²) in [4.78, 5) is 29.0. The number of rotatable bonds is 4. The number of hydroxylamine groups is 1. The predicted octanol–water partition coefficient (Wildman–Crippen LogP) is 0.357. The summed E-state index contributed by atoms with van der Waals surface area (Å²) in [5.41, 5.74) is 15.3. The normalized spacial score (nSPS) is 32.3. The van der Waals surface area contributed by atoms with Gasteiger partial charge in [-0.25, -0.2) is 20.0 Å². The van der Waals surface area contributed by atoms with Gasteiger partial charge in [-0.05, 0) is 39.0 Å². The molecule has 4 fully saturated rings. The number of anilines is 1. The first-order valence-corrected chi connectivity index (χ1v) is 13.0. The summed E-state index contributed by atoms with van der Waals surface area (Å²) in [6.07, 6.45) is 7.03. The van der Waals surface area contributed by atoms with Crippen LogP contribution in [0.25, 0.3) is 5.65 Å². The molecule has 3 unspecified atom stereocenters. The van der Waals surface area contributed by atoms with Crippen LogP contribution in [0.4, 0.5) is 5.82 Å². The maximum atomic E-state index is 14.0. The minimum atomic E-state index is -0.246. The number of hydrogen-bond acceptors (Lipinski definition) is 9. The lowest BCUT2D eigenvalue weighted by atomic mass is 9.90. The highest BCUT2D eigenvalue weighted by Crippen LogP contribution is 2.35. The maximum absolute atomic E-state index is 14.0. The van der Waals surface area contributed by atoms with Gasteiger partial charge in [0.2, 0.25) is 5.91 Å². The summed E-state index contributed by atoms with van der Waals surface area (Å²) in [5, 5.41) is 6.88. The molecule has 6 rings (SSSR count). The number of carbonyl (C=O) groups is 1. The number of likely N-dealkylation sites (N-methyl/N-ethyl adjacent to an activating group) is 1. The molecular weight excluding hydrogens is 446 g/mol. The summed E-state index contributed by atoms with van der Waals surface area (Å²) in [6.45, 7) is 6.17. The van der Waals surface area contributed by atoms with E-state index in [1.165, 1.54) is 0 Å². The minimum absolute atomic E-state index is 0.0424. The summed E-state index contributed by atoms with van der Waals surface area (Å²) in [6, 6.07) is 1.98. The third-order valence-corrected chi connectivity index (χ3v) is 8.17. The Hall–Kier alpha value is -2.31. The lowest BCUT2D eigenvalue weighted by molar-refractivity contribution is -0.143. The summed E-state index contributed by atoms with van der Waals surface area (Å²) in [5.74, 6) is 1.26. The zero-order chi connectivity index (χ0) is 24.1. The molecule has 0 radical (unpaired) electrons. The highest BCUT2D eigenvalue weighted by Gasteiger charge is 2.46. The first kappa shape index (κ1) is 23.1. The molecule has 2 aromatic heterocycles. The molecule has 4 N–H and O–H groups in total. The summed E-state index contributed by atoms with van der Waals surface area (Å²) in [7, 11) is 1.97. The van der Waals surface area contributed by atoms with Crippen LogP contribution >= 0.6 is 0 Å². The Morgan fingerprint density at radius 3 is 2.89 bits per heavy atom. The molecule has 11 heteroatoms. The summed E-state index contributed by atoms with van der Waals surface area (Å²) >= 11 is 0. The van der Waals surface area contributed by atoms with Crippen LogP contribution in [0.3, 0.4) is 0 Å². The van der Waals surface area contributed by atoms with Gasteiger partial charge < -0.3 is 15.5 Å². The molecular formula is C24H37N9O2. The Kier molecular flexibility index (Phi) is 6.13. The van der Waals surface area contributed by atoms with Crippen molar-refractivity contribution in [1.29, 1.82) is 0 Å². The molecule has 4 aliphatic heterocycles. The van der Waals surface area contributed by atoms with E-state index in [9.17, 15) is 4.79 Å². The molecule has 35 heavy (non-hydrogen) atoms. The number of aryl methyl sites for hydroxylation is 1. The van der Waals surface area contributed by atoms with E-state index in [0.717, 1.165) is 87.6 Å². The number of nitrogens with one attached hydrogen (secondary N) is 2. The lowest BCUT2D eigenvalue weighted by Gasteiger charge is -2.38. The predicted molar refractivity (Wildman–Crippen MR) is 131 cm³/mol. The Balaban J connectivity index is 1.28. The second-order valence-corrected chi connectivity index (χ2v) is 10.6. The monoisotopic (exact) mass is 483 g/mol. The van der Waals surface area contributed by atoms with Gasteiger partial charge in [-0.1, -0.05) is 0 Å². The van der Waals surface area contributed by atoms with Gasteiger partial charge in [-0.15, -0.1) is 0 Å². The number of nitrogens with two attached hydrogens (primary N) is 1. The topological polar surface area (TPSA) is 116 Å². The van der Waals surface area contributed by atoms with E-state index in [2.05, 4.69) is 39.9 Å². The van der Waals surface area contributed by atoms with Crippen molar-refractivity contribution in [2.75, 3.05) is 44.7 Å². The van der Waals surface area contributed by atoms with Gasteiger partial charge in [0, 0.05) is 69.6 Å². The van der Waals surface area contributed by atoms with Gasteiger partial charge >= 0.3 is 0 Å². The van der Waals surface area contributed by atoms with E-state index in [4.69, 9.17) is 20.7 Å². The third-order valence-electron chi connectivity index (χ3n) is 8.17. The van der Waals surface area contributed by atoms with E-state index >= 15 is 0 Å². The van der Waals surface area contributed by atoms with Gasteiger partial charge in [-0.3, -0.25) is 15.1 Å². The van der Waals surface area contributed by atoms with E-state index in [1.807, 2.05) is 16.6 Å². The Morgan fingerprint density at radius 2 is 2.11 bits per heavy atom. The molecule has 0 saturated carbocycles. The molecule has 4 saturated heterocycles. The van der Waals surface area contributed by atoms with Gasteiger partial charge in [0.1, 0.15) is 11.9 Å². The number of piperidine rings is 1. The van der Waals surface area contributed by atoms with E-state index in [0.29, 0.717) is 0 Å². The van der Waals surface area contributed by atoms with Crippen molar-refractivity contribution in [2.24, 2.45) is 11.7 Å². The van der Waals surface area contributed by atoms with Crippen LogP contribution in [0.2, 0.25) is 0 Å². The van der Waals surface area contributed by atoms with Gasteiger partial charge in [-0.2, -0.15) is 5.10 Å². The first-order valence-electron chi connectivity index (χ1n) is 13.0. The molecule has 0 bridgehead atoms. The second-order valence-electron chi connectivity index (χ2n) is 10.6. The third kappa shape index (κ3) is 4.19. The van der Waals surface area contributed by atoms with Crippen molar-refractivity contribution in [3.63, 3.8) is 0 Å². The molecule has 5 atom stereocenters. The molecule has 1 amide bonds. The zero-order valence-corrected chi connectivity index (χ0v) is 20.7. The van der Waals surface area contributed by atoms with E-state index in [-0.39, 0.29) is 36.1 Å². The minimum Gasteiger partial charge on any atom is -0.355 e. The molecule has 6 heterocycles. The number of aromatic nitrogens is 3. The van der Waals surface area contributed by atoms with Crippen molar-refractivity contribution in [3.8, 4) is 0 Å².